The summed E-state index contributed by atoms with van der Waals surface area (Å²) in [4.78, 5) is 15.5. The summed E-state index contributed by atoms with van der Waals surface area (Å²) < 4.78 is 0. The van der Waals surface area contributed by atoms with E-state index in [2.05, 4.69) is 10.2 Å². The van der Waals surface area contributed by atoms with Crippen molar-refractivity contribution >= 4 is 5.91 Å². The Bertz CT molecular complexity index is 218. The van der Waals surface area contributed by atoms with Gasteiger partial charge >= 0.3 is 0 Å². The molecule has 0 aromatic carbocycles. The fourth-order valence-electron chi connectivity index (χ4n) is 2.25. The molecule has 1 unspecified atom stereocenters. The van der Waals surface area contributed by atoms with Crippen LogP contribution >= 0.6 is 0 Å². The molecule has 4 nitrogen and oxygen atoms in total. The summed E-state index contributed by atoms with van der Waals surface area (Å²) in [7, 11) is 5.65. The predicted molar refractivity (Wildman–Crippen MR) is 66.4 cm³/mol. The van der Waals surface area contributed by atoms with Crippen molar-refractivity contribution in [2.45, 2.75) is 19.3 Å². The molecule has 0 aromatic heterocycles. The Morgan fingerprint density at radius 3 is 2.88 bits per heavy atom. The zero-order chi connectivity index (χ0) is 12.0. The Morgan fingerprint density at radius 2 is 2.25 bits per heavy atom. The predicted octanol–water partition coefficient (Wildman–Crippen LogP) is 0.396. The van der Waals surface area contributed by atoms with E-state index in [1.54, 1.807) is 4.90 Å². The van der Waals surface area contributed by atoms with Crippen LogP contribution in [-0.2, 0) is 4.79 Å². The normalized spacial score (nSPS) is 21.3. The summed E-state index contributed by atoms with van der Waals surface area (Å²) in [6.07, 6.45) is 2.96. The number of amides is 1. The molecule has 1 N–H and O–H groups in total. The maximum Gasteiger partial charge on any atom is 0.222 e. The number of hydrogen-bond acceptors (Lipinski definition) is 3. The van der Waals surface area contributed by atoms with Gasteiger partial charge in [-0.2, -0.15) is 0 Å². The van der Waals surface area contributed by atoms with E-state index in [0.717, 1.165) is 25.4 Å². The average Bonchev–Trinajstić information content (AvgIpc) is 2.66. The molecule has 1 fully saturated rings. The molecule has 1 rings (SSSR count). The van der Waals surface area contributed by atoms with E-state index in [1.165, 1.54) is 19.5 Å². The van der Waals surface area contributed by atoms with Crippen LogP contribution < -0.4 is 5.32 Å². The lowest BCUT2D eigenvalue weighted by Gasteiger charge is -2.16. The summed E-state index contributed by atoms with van der Waals surface area (Å²) in [5.74, 6) is 1.04. The van der Waals surface area contributed by atoms with Crippen LogP contribution in [0.3, 0.4) is 0 Å². The maximum absolute atomic E-state index is 11.4. The van der Waals surface area contributed by atoms with Gasteiger partial charge in [-0.3, -0.25) is 4.79 Å². The Balaban J connectivity index is 2.09. The van der Waals surface area contributed by atoms with E-state index in [9.17, 15) is 4.79 Å². The minimum atomic E-state index is 0.242. The molecule has 0 saturated carbocycles. The minimum Gasteiger partial charge on any atom is -0.349 e. The van der Waals surface area contributed by atoms with Gasteiger partial charge in [0, 0.05) is 27.1 Å². The van der Waals surface area contributed by atoms with Crippen molar-refractivity contribution in [2.75, 3.05) is 47.3 Å². The molecule has 1 aliphatic rings. The third kappa shape index (κ3) is 4.49. The Kier molecular flexibility index (Phi) is 5.77. The van der Waals surface area contributed by atoms with Crippen molar-refractivity contribution < 1.29 is 4.79 Å². The van der Waals surface area contributed by atoms with Gasteiger partial charge in [0.2, 0.25) is 5.91 Å². The van der Waals surface area contributed by atoms with Crippen LogP contribution in [-0.4, -0.2) is 63.0 Å². The third-order valence-corrected chi connectivity index (χ3v) is 3.23. The quantitative estimate of drug-likeness (QED) is 0.713. The summed E-state index contributed by atoms with van der Waals surface area (Å²) in [6, 6.07) is 0. The van der Waals surface area contributed by atoms with Crippen molar-refractivity contribution in [1.29, 1.82) is 0 Å². The first-order valence-corrected chi connectivity index (χ1v) is 6.20. The lowest BCUT2D eigenvalue weighted by Crippen LogP contribution is -2.27. The van der Waals surface area contributed by atoms with E-state index in [1.807, 2.05) is 21.1 Å². The lowest BCUT2D eigenvalue weighted by molar-refractivity contribution is -0.128. The Morgan fingerprint density at radius 1 is 1.50 bits per heavy atom. The molecule has 0 aromatic rings. The molecular weight excluding hydrogens is 202 g/mol. The highest BCUT2D eigenvalue weighted by atomic mass is 16.2. The van der Waals surface area contributed by atoms with E-state index >= 15 is 0 Å². The maximum atomic E-state index is 11.4. The van der Waals surface area contributed by atoms with E-state index in [4.69, 9.17) is 0 Å². The first-order chi connectivity index (χ1) is 7.63. The van der Waals surface area contributed by atoms with Crippen molar-refractivity contribution in [3.05, 3.63) is 0 Å². The van der Waals surface area contributed by atoms with Crippen molar-refractivity contribution in [3.63, 3.8) is 0 Å². The first kappa shape index (κ1) is 13.5. The highest BCUT2D eigenvalue weighted by Gasteiger charge is 2.21. The zero-order valence-electron chi connectivity index (χ0n) is 10.8. The number of carbonyl (C=O) groups excluding carboxylic acids is 1. The van der Waals surface area contributed by atoms with Crippen molar-refractivity contribution in [1.82, 2.24) is 15.1 Å². The molecule has 0 spiro atoms. The molecule has 1 amide bonds. The van der Waals surface area contributed by atoms with E-state index in [0.29, 0.717) is 6.42 Å². The summed E-state index contributed by atoms with van der Waals surface area (Å²) in [6.45, 7) is 4.58. The standard InChI is InChI=1S/C12H25N3O/c1-13-9-11-6-8-15(10-11)7-4-5-12(16)14(2)3/h11,13H,4-10H2,1-3H3. The van der Waals surface area contributed by atoms with Crippen molar-refractivity contribution in [3.8, 4) is 0 Å². The number of nitrogens with one attached hydrogen (secondary N) is 1. The second-order valence-corrected chi connectivity index (χ2v) is 4.90. The smallest absolute Gasteiger partial charge is 0.222 e. The van der Waals surface area contributed by atoms with Crippen LogP contribution in [0.5, 0.6) is 0 Å². The molecule has 1 atom stereocenters. The summed E-state index contributed by atoms with van der Waals surface area (Å²) in [5, 5.41) is 3.23. The second kappa shape index (κ2) is 6.86. The van der Waals surface area contributed by atoms with Crippen LogP contribution in [0, 0.1) is 5.92 Å². The SMILES string of the molecule is CNCC1CCN(CCCC(=O)N(C)C)C1. The number of likely N-dealkylation sites (tertiary alicyclic amines) is 1. The highest BCUT2D eigenvalue weighted by molar-refractivity contribution is 5.75. The second-order valence-electron chi connectivity index (χ2n) is 4.90. The number of rotatable bonds is 6. The summed E-state index contributed by atoms with van der Waals surface area (Å²) >= 11 is 0. The van der Waals surface area contributed by atoms with Crippen LogP contribution in [0.25, 0.3) is 0 Å². The van der Waals surface area contributed by atoms with Crippen molar-refractivity contribution in [2.24, 2.45) is 5.92 Å². The van der Waals surface area contributed by atoms with Gasteiger partial charge in [0.05, 0.1) is 0 Å². The topological polar surface area (TPSA) is 35.6 Å². The summed E-state index contributed by atoms with van der Waals surface area (Å²) in [5.41, 5.74) is 0. The van der Waals surface area contributed by atoms with Gasteiger partial charge in [-0.05, 0) is 45.4 Å². The van der Waals surface area contributed by atoms with Gasteiger partial charge in [0.25, 0.3) is 0 Å². The van der Waals surface area contributed by atoms with Crippen LogP contribution in [0.1, 0.15) is 19.3 Å². The number of carbonyl (C=O) groups is 1. The Labute approximate surface area is 99.0 Å². The van der Waals surface area contributed by atoms with Gasteiger partial charge in [0.15, 0.2) is 0 Å². The monoisotopic (exact) mass is 227 g/mol. The van der Waals surface area contributed by atoms with Gasteiger partial charge in [-0.1, -0.05) is 0 Å². The van der Waals surface area contributed by atoms with Crippen LogP contribution in [0.15, 0.2) is 0 Å². The molecule has 94 valence electrons. The lowest BCUT2D eigenvalue weighted by atomic mass is 10.1. The fourth-order valence-corrected chi connectivity index (χ4v) is 2.25. The first-order valence-electron chi connectivity index (χ1n) is 6.20. The average molecular weight is 227 g/mol. The van der Waals surface area contributed by atoms with E-state index in [-0.39, 0.29) is 5.91 Å². The number of hydrogen-bond donors (Lipinski definition) is 1. The van der Waals surface area contributed by atoms with Gasteiger partial charge in [-0.25, -0.2) is 0 Å². The molecule has 1 saturated heterocycles. The van der Waals surface area contributed by atoms with Crippen LogP contribution in [0.4, 0.5) is 0 Å². The number of nitrogens with zero attached hydrogens (tertiary/aromatic N) is 2. The van der Waals surface area contributed by atoms with Gasteiger partial charge in [0.1, 0.15) is 0 Å². The molecular formula is C12H25N3O. The van der Waals surface area contributed by atoms with Gasteiger partial charge in [-0.15, -0.1) is 0 Å². The molecule has 16 heavy (non-hydrogen) atoms. The fraction of sp³-hybridized carbons (Fsp3) is 0.917. The van der Waals surface area contributed by atoms with Crippen LogP contribution in [0.2, 0.25) is 0 Å². The van der Waals surface area contributed by atoms with Gasteiger partial charge < -0.3 is 15.1 Å². The minimum absolute atomic E-state index is 0.242. The highest BCUT2D eigenvalue weighted by Crippen LogP contribution is 2.15. The molecule has 0 bridgehead atoms. The van der Waals surface area contributed by atoms with E-state index < -0.39 is 0 Å². The third-order valence-electron chi connectivity index (χ3n) is 3.23. The Hall–Kier alpha value is -0.610. The molecule has 0 aliphatic carbocycles. The zero-order valence-corrected chi connectivity index (χ0v) is 10.8. The molecule has 1 heterocycles. The molecule has 4 heteroatoms. The molecule has 1 aliphatic heterocycles. The molecule has 0 radical (unpaired) electrons. The largest absolute Gasteiger partial charge is 0.349 e.